The fourth-order valence-electron chi connectivity index (χ4n) is 3.21. The molecule has 0 saturated carbocycles. The maximum absolute atomic E-state index is 5.46. The number of anilines is 3. The van der Waals surface area contributed by atoms with E-state index >= 15 is 0 Å². The van der Waals surface area contributed by atoms with Crippen LogP contribution in [0.3, 0.4) is 0 Å². The van der Waals surface area contributed by atoms with Crippen molar-refractivity contribution in [3.05, 3.63) is 35.9 Å². The Hall–Kier alpha value is -2.45. The zero-order valence-corrected chi connectivity index (χ0v) is 15.5. The van der Waals surface area contributed by atoms with Gasteiger partial charge >= 0.3 is 0 Å². The van der Waals surface area contributed by atoms with E-state index in [0.717, 1.165) is 51.0 Å². The molecule has 1 N–H and O–H groups in total. The normalized spacial score (nSPS) is 17.8. The van der Waals surface area contributed by atoms with Gasteiger partial charge in [0.2, 0.25) is 17.8 Å². The topological polar surface area (TPSA) is 75.6 Å². The van der Waals surface area contributed by atoms with Gasteiger partial charge in [-0.25, -0.2) is 0 Å². The van der Waals surface area contributed by atoms with Crippen LogP contribution in [0.1, 0.15) is 5.56 Å². The summed E-state index contributed by atoms with van der Waals surface area (Å²) in [6.45, 7) is 6.80. The first-order chi connectivity index (χ1) is 13.4. The Balaban J connectivity index is 1.49. The van der Waals surface area contributed by atoms with E-state index in [1.807, 2.05) is 6.07 Å². The standard InChI is InChI=1S/C19H26N6O2/c1-2-4-16(5-3-1)6-7-20-17-21-18(24-8-12-26-13-9-24)23-19(22-17)25-10-14-27-15-11-25/h1-5H,6-15H2,(H,20,21,22,23). The number of benzene rings is 1. The molecule has 0 bridgehead atoms. The maximum atomic E-state index is 5.46. The fourth-order valence-corrected chi connectivity index (χ4v) is 3.21. The van der Waals surface area contributed by atoms with Crippen molar-refractivity contribution >= 4 is 17.8 Å². The highest BCUT2D eigenvalue weighted by Gasteiger charge is 2.20. The van der Waals surface area contributed by atoms with Gasteiger partial charge in [0.15, 0.2) is 0 Å². The van der Waals surface area contributed by atoms with Crippen LogP contribution in [0.15, 0.2) is 30.3 Å². The van der Waals surface area contributed by atoms with Crippen molar-refractivity contribution in [3.8, 4) is 0 Å². The second kappa shape index (κ2) is 8.96. The summed E-state index contributed by atoms with van der Waals surface area (Å²) in [5.74, 6) is 2.07. The van der Waals surface area contributed by atoms with Crippen molar-refractivity contribution in [1.82, 2.24) is 15.0 Å². The molecule has 0 radical (unpaired) electrons. The molecule has 3 heterocycles. The predicted molar refractivity (Wildman–Crippen MR) is 105 cm³/mol. The van der Waals surface area contributed by atoms with Crippen molar-refractivity contribution in [1.29, 1.82) is 0 Å². The van der Waals surface area contributed by atoms with E-state index in [1.54, 1.807) is 0 Å². The Kier molecular flexibility index (Phi) is 5.96. The van der Waals surface area contributed by atoms with E-state index in [0.29, 0.717) is 32.4 Å². The number of nitrogens with one attached hydrogen (secondary N) is 1. The summed E-state index contributed by atoms with van der Waals surface area (Å²) < 4.78 is 10.9. The average Bonchev–Trinajstić information content (AvgIpc) is 2.76. The van der Waals surface area contributed by atoms with Crippen LogP contribution in [0.2, 0.25) is 0 Å². The lowest BCUT2D eigenvalue weighted by Crippen LogP contribution is -2.40. The molecule has 2 aromatic rings. The summed E-state index contributed by atoms with van der Waals surface area (Å²) in [4.78, 5) is 18.4. The van der Waals surface area contributed by atoms with Gasteiger partial charge in [-0.2, -0.15) is 15.0 Å². The number of rotatable bonds is 6. The van der Waals surface area contributed by atoms with Crippen molar-refractivity contribution in [3.63, 3.8) is 0 Å². The number of hydrogen-bond donors (Lipinski definition) is 1. The molecule has 1 aromatic heterocycles. The van der Waals surface area contributed by atoms with Gasteiger partial charge in [0.25, 0.3) is 0 Å². The van der Waals surface area contributed by atoms with Crippen LogP contribution in [0, 0.1) is 0 Å². The summed E-state index contributed by atoms with van der Waals surface area (Å²) in [5.41, 5.74) is 1.29. The molecule has 1 aromatic carbocycles. The third kappa shape index (κ3) is 4.84. The number of nitrogens with zero attached hydrogens (tertiary/aromatic N) is 5. The van der Waals surface area contributed by atoms with Gasteiger partial charge in [0, 0.05) is 32.7 Å². The number of morpholine rings is 2. The zero-order valence-electron chi connectivity index (χ0n) is 15.5. The van der Waals surface area contributed by atoms with Gasteiger partial charge in [0.05, 0.1) is 26.4 Å². The molecule has 2 aliphatic rings. The second-order valence-electron chi connectivity index (χ2n) is 6.62. The van der Waals surface area contributed by atoms with Crippen LogP contribution in [0.25, 0.3) is 0 Å². The molecule has 0 unspecified atom stereocenters. The zero-order chi connectivity index (χ0) is 18.3. The molecule has 0 amide bonds. The summed E-state index contributed by atoms with van der Waals surface area (Å²) >= 11 is 0. The van der Waals surface area contributed by atoms with Crippen LogP contribution in [-0.4, -0.2) is 74.1 Å². The minimum Gasteiger partial charge on any atom is -0.378 e. The minimum atomic E-state index is 0.629. The van der Waals surface area contributed by atoms with E-state index in [2.05, 4.69) is 49.4 Å². The first-order valence-corrected chi connectivity index (χ1v) is 9.58. The third-order valence-electron chi connectivity index (χ3n) is 4.74. The fraction of sp³-hybridized carbons (Fsp3) is 0.526. The first kappa shape index (κ1) is 17.9. The van der Waals surface area contributed by atoms with Crippen LogP contribution in [0.5, 0.6) is 0 Å². The molecule has 27 heavy (non-hydrogen) atoms. The molecule has 2 fully saturated rings. The lowest BCUT2D eigenvalue weighted by Gasteiger charge is -2.30. The van der Waals surface area contributed by atoms with E-state index in [4.69, 9.17) is 14.5 Å². The van der Waals surface area contributed by atoms with Crippen LogP contribution >= 0.6 is 0 Å². The number of hydrogen-bond acceptors (Lipinski definition) is 8. The van der Waals surface area contributed by atoms with Crippen molar-refractivity contribution < 1.29 is 9.47 Å². The molecular weight excluding hydrogens is 344 g/mol. The van der Waals surface area contributed by atoms with Crippen LogP contribution in [-0.2, 0) is 15.9 Å². The first-order valence-electron chi connectivity index (χ1n) is 9.58. The van der Waals surface area contributed by atoms with Gasteiger partial charge in [-0.3, -0.25) is 0 Å². The predicted octanol–water partition coefficient (Wildman–Crippen LogP) is 1.20. The lowest BCUT2D eigenvalue weighted by atomic mass is 10.1. The van der Waals surface area contributed by atoms with Crippen LogP contribution in [0.4, 0.5) is 17.8 Å². The van der Waals surface area contributed by atoms with Crippen molar-refractivity contribution in [2.45, 2.75) is 6.42 Å². The monoisotopic (exact) mass is 370 g/mol. The van der Waals surface area contributed by atoms with Crippen molar-refractivity contribution in [2.24, 2.45) is 0 Å². The van der Waals surface area contributed by atoms with Crippen molar-refractivity contribution in [2.75, 3.05) is 74.3 Å². The van der Waals surface area contributed by atoms with Gasteiger partial charge in [-0.15, -0.1) is 0 Å². The maximum Gasteiger partial charge on any atom is 0.232 e. The Labute approximate surface area is 159 Å². The molecule has 0 spiro atoms. The van der Waals surface area contributed by atoms with Crippen LogP contribution < -0.4 is 15.1 Å². The third-order valence-corrected chi connectivity index (χ3v) is 4.74. The van der Waals surface area contributed by atoms with Gasteiger partial charge < -0.3 is 24.6 Å². The SMILES string of the molecule is c1ccc(CCNc2nc(N3CCOCC3)nc(N3CCOCC3)n2)cc1. The van der Waals surface area contributed by atoms with E-state index in [1.165, 1.54) is 5.56 Å². The molecule has 2 saturated heterocycles. The Morgan fingerprint density at radius 3 is 1.89 bits per heavy atom. The lowest BCUT2D eigenvalue weighted by molar-refractivity contribution is 0.121. The summed E-state index contributed by atoms with van der Waals surface area (Å²) in [5, 5.41) is 3.37. The summed E-state index contributed by atoms with van der Waals surface area (Å²) in [6.07, 6.45) is 0.923. The highest BCUT2D eigenvalue weighted by molar-refractivity contribution is 5.45. The smallest absolute Gasteiger partial charge is 0.232 e. The van der Waals surface area contributed by atoms with E-state index < -0.39 is 0 Å². The Morgan fingerprint density at radius 1 is 0.778 bits per heavy atom. The summed E-state index contributed by atoms with van der Waals surface area (Å²) in [7, 11) is 0. The quantitative estimate of drug-likeness (QED) is 0.813. The highest BCUT2D eigenvalue weighted by atomic mass is 16.5. The molecular formula is C19H26N6O2. The average molecular weight is 370 g/mol. The minimum absolute atomic E-state index is 0.629. The van der Waals surface area contributed by atoms with E-state index in [-0.39, 0.29) is 0 Å². The van der Waals surface area contributed by atoms with E-state index in [9.17, 15) is 0 Å². The molecule has 0 atom stereocenters. The molecule has 8 heteroatoms. The molecule has 144 valence electrons. The molecule has 0 aliphatic carbocycles. The number of ether oxygens (including phenoxy) is 2. The Bertz CT molecular complexity index is 681. The Morgan fingerprint density at radius 2 is 1.33 bits per heavy atom. The van der Waals surface area contributed by atoms with Gasteiger partial charge in [-0.1, -0.05) is 30.3 Å². The van der Waals surface area contributed by atoms with Gasteiger partial charge in [-0.05, 0) is 12.0 Å². The molecule has 8 nitrogen and oxygen atoms in total. The largest absolute Gasteiger partial charge is 0.378 e. The highest BCUT2D eigenvalue weighted by Crippen LogP contribution is 2.18. The molecule has 4 rings (SSSR count). The second-order valence-corrected chi connectivity index (χ2v) is 6.62. The molecule has 2 aliphatic heterocycles. The summed E-state index contributed by atoms with van der Waals surface area (Å²) in [6, 6.07) is 10.4. The number of aromatic nitrogens is 3. The van der Waals surface area contributed by atoms with Gasteiger partial charge in [0.1, 0.15) is 0 Å².